The Hall–Kier alpha value is -3.95. The van der Waals surface area contributed by atoms with E-state index in [0.717, 1.165) is 193 Å². The van der Waals surface area contributed by atoms with Crippen LogP contribution in [0.5, 0.6) is 0 Å². The molecule has 0 saturated heterocycles. The summed E-state index contributed by atoms with van der Waals surface area (Å²) in [7, 11) is 0. The third kappa shape index (κ3) is 78.0. The highest BCUT2D eigenvalue weighted by molar-refractivity contribution is 5.72. The fourth-order valence-corrected chi connectivity index (χ4v) is 13.6. The Kier molecular flexibility index (Phi) is 82.4. The minimum atomic E-state index is -1.41. The summed E-state index contributed by atoms with van der Waals surface area (Å²) in [6.07, 6.45) is 93.7. The molecule has 0 aliphatic carbocycles. The molecule has 0 aromatic carbocycles. The van der Waals surface area contributed by atoms with Crippen molar-refractivity contribution < 1.29 is 47.7 Å². The maximum atomic E-state index is 14.3. The molecule has 0 rings (SSSR count). The molecule has 1 unspecified atom stereocenters. The molecule has 612 valence electrons. The molecule has 0 fully saturated rings. The molecular weight excluding hydrogens is 1300 g/mol. The van der Waals surface area contributed by atoms with Crippen molar-refractivity contribution in [2.24, 2.45) is 0 Å². The smallest absolute Gasteiger partial charge is 0.306 e. The van der Waals surface area contributed by atoms with E-state index in [9.17, 15) is 24.0 Å². The lowest BCUT2D eigenvalue weighted by Crippen LogP contribution is -2.50. The minimum Gasteiger partial charge on any atom is -0.462 e. The molecule has 3 atom stereocenters. The molecule has 0 aromatic heterocycles. The lowest BCUT2D eigenvalue weighted by molar-refractivity contribution is -0.197. The fourth-order valence-electron chi connectivity index (χ4n) is 13.6. The molecule has 0 radical (unpaired) electrons. The van der Waals surface area contributed by atoms with Gasteiger partial charge in [0.05, 0.1) is 0 Å². The van der Waals surface area contributed by atoms with E-state index in [1.54, 1.807) is 0 Å². The van der Waals surface area contributed by atoms with Crippen molar-refractivity contribution in [3.63, 3.8) is 0 Å². The Morgan fingerprint density at radius 3 is 0.533 bits per heavy atom. The highest BCUT2D eigenvalue weighted by Gasteiger charge is 2.40. The molecule has 0 heterocycles. The van der Waals surface area contributed by atoms with Crippen molar-refractivity contribution in [2.75, 3.05) is 13.2 Å². The number of unbranched alkanes of at least 4 members (excludes halogenated alkanes) is 55. The maximum Gasteiger partial charge on any atom is 0.306 e. The molecule has 0 aliphatic rings. The molecule has 0 N–H and O–H groups in total. The lowest BCUT2D eigenvalue weighted by Gasteiger charge is -2.32. The van der Waals surface area contributed by atoms with Gasteiger partial charge in [-0.25, -0.2) is 0 Å². The van der Waals surface area contributed by atoms with E-state index in [-0.39, 0.29) is 32.1 Å². The first kappa shape index (κ1) is 101. The van der Waals surface area contributed by atoms with Crippen LogP contribution in [0.3, 0.4) is 0 Å². The zero-order valence-electron chi connectivity index (χ0n) is 70.0. The van der Waals surface area contributed by atoms with Gasteiger partial charge in [-0.3, -0.25) is 24.0 Å². The van der Waals surface area contributed by atoms with E-state index in [2.05, 4.69) is 95.4 Å². The van der Waals surface area contributed by atoms with E-state index in [4.69, 9.17) is 23.7 Å². The topological polar surface area (TPSA) is 132 Å². The van der Waals surface area contributed by atoms with Crippen LogP contribution in [0.4, 0.5) is 0 Å². The van der Waals surface area contributed by atoms with Crippen molar-refractivity contribution in [1.82, 2.24) is 0 Å². The number of rotatable bonds is 84. The van der Waals surface area contributed by atoms with Crippen LogP contribution >= 0.6 is 0 Å². The summed E-state index contributed by atoms with van der Waals surface area (Å²) in [4.78, 5) is 70.1. The highest BCUT2D eigenvalue weighted by atomic mass is 16.6. The summed E-state index contributed by atoms with van der Waals surface area (Å²) in [5.41, 5.74) is 0. The molecule has 0 amide bonds. The van der Waals surface area contributed by atoms with Gasteiger partial charge in [-0.1, -0.05) is 352 Å². The Bertz CT molecular complexity index is 1910. The molecule has 0 aliphatic heterocycles. The normalized spacial score (nSPS) is 12.8. The van der Waals surface area contributed by atoms with Gasteiger partial charge in [0.2, 0.25) is 0 Å². The van der Waals surface area contributed by atoms with Gasteiger partial charge in [0, 0.05) is 32.1 Å². The largest absolute Gasteiger partial charge is 0.462 e. The van der Waals surface area contributed by atoms with Gasteiger partial charge in [-0.15, -0.1) is 0 Å². The second kappa shape index (κ2) is 85.7. The second-order valence-corrected chi connectivity index (χ2v) is 31.0. The summed E-state index contributed by atoms with van der Waals surface area (Å²) < 4.78 is 31.0. The van der Waals surface area contributed by atoms with Crippen molar-refractivity contribution >= 4 is 29.8 Å². The van der Waals surface area contributed by atoms with Crippen LogP contribution in [0.15, 0.2) is 60.8 Å². The average molecular weight is 1470 g/mol. The summed E-state index contributed by atoms with van der Waals surface area (Å²) in [6.45, 7) is 10.5. The number of esters is 5. The van der Waals surface area contributed by atoms with Crippen molar-refractivity contribution in [1.29, 1.82) is 0 Å². The third-order valence-corrected chi connectivity index (χ3v) is 20.6. The Balaban J connectivity index is 6.53. The monoisotopic (exact) mass is 1470 g/mol. The van der Waals surface area contributed by atoms with Crippen LogP contribution in [-0.2, 0) is 47.7 Å². The molecule has 0 spiro atoms. The van der Waals surface area contributed by atoms with Crippen molar-refractivity contribution in [3.05, 3.63) is 60.8 Å². The molecule has 0 saturated carbocycles. The molecule has 0 bridgehead atoms. The maximum absolute atomic E-state index is 14.3. The first-order valence-electron chi connectivity index (χ1n) is 45.9. The number of allylic oxidation sites excluding steroid dienone is 10. The molecule has 105 heavy (non-hydrogen) atoms. The predicted molar refractivity (Wildman–Crippen MR) is 449 cm³/mol. The first-order chi connectivity index (χ1) is 51.7. The number of carbonyl (C=O) groups excluding carboxylic acids is 5. The Morgan fingerprint density at radius 2 is 0.343 bits per heavy atom. The van der Waals surface area contributed by atoms with Gasteiger partial charge >= 0.3 is 29.8 Å². The summed E-state index contributed by atoms with van der Waals surface area (Å²) >= 11 is 0. The van der Waals surface area contributed by atoms with Gasteiger partial charge in [0.15, 0.2) is 18.3 Å². The van der Waals surface area contributed by atoms with Gasteiger partial charge in [0.1, 0.15) is 13.2 Å². The number of hydrogen-bond donors (Lipinski definition) is 0. The summed E-state index contributed by atoms with van der Waals surface area (Å²) in [5.74, 6) is -2.43. The van der Waals surface area contributed by atoms with Gasteiger partial charge in [-0.2, -0.15) is 0 Å². The van der Waals surface area contributed by atoms with Crippen LogP contribution in [0.1, 0.15) is 484 Å². The fraction of sp³-hybridized carbons (Fsp3) is 0.842. The third-order valence-electron chi connectivity index (χ3n) is 20.6. The second-order valence-electron chi connectivity index (χ2n) is 31.0. The predicted octanol–water partition coefficient (Wildman–Crippen LogP) is 30.0. The van der Waals surface area contributed by atoms with E-state index < -0.39 is 61.4 Å². The quantitative estimate of drug-likeness (QED) is 0.0251. The van der Waals surface area contributed by atoms with E-state index in [1.165, 1.54) is 193 Å². The first-order valence-corrected chi connectivity index (χ1v) is 45.9. The van der Waals surface area contributed by atoms with E-state index in [1.807, 2.05) is 0 Å². The molecule has 10 heteroatoms. The Labute approximate surface area is 650 Å². The zero-order valence-corrected chi connectivity index (χ0v) is 70.0. The number of ether oxygens (including phenoxy) is 5. The van der Waals surface area contributed by atoms with Crippen LogP contribution < -0.4 is 0 Å². The summed E-state index contributed by atoms with van der Waals surface area (Å²) in [6, 6.07) is 0. The van der Waals surface area contributed by atoms with Gasteiger partial charge in [0.25, 0.3) is 0 Å². The minimum absolute atomic E-state index is 0.102. The SMILES string of the molecule is CCCCCCCCC=CCCCCCCCC(=O)OC[C@H](OC(=O)CCCCCCCC=CCCCCCCCC)C(OC(=O)CCCCCCCC=CCCCCCCCC)[C@@H](COC(=O)CCCCCCCC=CCCCCCCCC)OC(=O)CCCCCCCC=CCCCCCCCC. The van der Waals surface area contributed by atoms with Crippen molar-refractivity contribution in [2.45, 2.75) is 502 Å². The van der Waals surface area contributed by atoms with E-state index in [0.29, 0.717) is 32.1 Å². The lowest BCUT2D eigenvalue weighted by atomic mass is 10.1. The Morgan fingerprint density at radius 1 is 0.190 bits per heavy atom. The van der Waals surface area contributed by atoms with Gasteiger partial charge < -0.3 is 23.7 Å². The van der Waals surface area contributed by atoms with Gasteiger partial charge in [-0.05, 0) is 161 Å². The van der Waals surface area contributed by atoms with Crippen LogP contribution in [0.25, 0.3) is 0 Å². The number of hydrogen-bond acceptors (Lipinski definition) is 10. The zero-order chi connectivity index (χ0) is 76.1. The molecule has 0 aromatic rings. The van der Waals surface area contributed by atoms with Crippen LogP contribution in [0.2, 0.25) is 0 Å². The van der Waals surface area contributed by atoms with Crippen LogP contribution in [0, 0.1) is 0 Å². The molecular formula is C95H172O10. The average Bonchev–Trinajstić information content (AvgIpc) is 0.848. The highest BCUT2D eigenvalue weighted by Crippen LogP contribution is 2.23. The summed E-state index contributed by atoms with van der Waals surface area (Å²) in [5, 5.41) is 0. The number of carbonyl (C=O) groups is 5. The molecule has 10 nitrogen and oxygen atoms in total. The van der Waals surface area contributed by atoms with Crippen molar-refractivity contribution in [3.8, 4) is 0 Å². The van der Waals surface area contributed by atoms with Crippen LogP contribution in [-0.4, -0.2) is 61.4 Å². The van der Waals surface area contributed by atoms with E-state index >= 15 is 0 Å². The standard InChI is InChI=1S/C95H172O10/c1-6-11-16-21-26-31-36-41-46-51-56-61-66-71-76-81-90(96)101-86-88(103-92(98)83-78-73-68-63-58-53-48-43-38-33-28-23-18-13-8-3)95(105-94(100)85-80-75-70-65-60-55-50-45-40-35-30-25-20-15-10-5)89(104-93(99)84-79-74-69-64-59-54-49-44-39-34-29-24-19-14-9-4)87-102-91(97)82-77-72-67-62-57-52-47-42-37-32-27-22-17-12-7-2/h41-50,88-89,95H,6-40,51-87H2,1-5H3/t88-,89+,95?.